The number of hydrogen-bond acceptors (Lipinski definition) is 3. The third-order valence-corrected chi connectivity index (χ3v) is 4.22. The Morgan fingerprint density at radius 3 is 2.54 bits per heavy atom. The first kappa shape index (κ1) is 17.8. The molecule has 3 aromatic carbocycles. The Morgan fingerprint density at radius 1 is 0.929 bits per heavy atom. The van der Waals surface area contributed by atoms with Crippen LogP contribution in [0.5, 0.6) is 5.75 Å². The number of aromatic amines is 1. The average Bonchev–Trinajstić information content (AvgIpc) is 2.68. The van der Waals surface area contributed by atoms with Crippen molar-refractivity contribution in [3.63, 3.8) is 0 Å². The van der Waals surface area contributed by atoms with Gasteiger partial charge >= 0.3 is 0 Å². The van der Waals surface area contributed by atoms with Crippen LogP contribution < -0.4 is 10.3 Å². The Kier molecular flexibility index (Phi) is 4.57. The van der Waals surface area contributed by atoms with Gasteiger partial charge in [-0.3, -0.25) is 4.79 Å². The van der Waals surface area contributed by atoms with Crippen LogP contribution in [0.15, 0.2) is 65.5 Å². The van der Waals surface area contributed by atoms with Gasteiger partial charge in [0.1, 0.15) is 24.1 Å². The van der Waals surface area contributed by atoms with Crippen molar-refractivity contribution in [2.75, 3.05) is 0 Å². The van der Waals surface area contributed by atoms with Crippen LogP contribution in [0.3, 0.4) is 0 Å². The van der Waals surface area contributed by atoms with Crippen LogP contribution >= 0.6 is 0 Å². The van der Waals surface area contributed by atoms with E-state index in [4.69, 9.17) is 4.74 Å². The number of nitrogens with zero attached hydrogens (tertiary/aromatic N) is 1. The van der Waals surface area contributed by atoms with Gasteiger partial charge in [0.2, 0.25) is 0 Å². The van der Waals surface area contributed by atoms with Crippen LogP contribution in [-0.4, -0.2) is 9.97 Å². The Labute approximate surface area is 157 Å². The van der Waals surface area contributed by atoms with Gasteiger partial charge < -0.3 is 9.72 Å². The van der Waals surface area contributed by atoms with Crippen molar-refractivity contribution in [3.05, 3.63) is 94.0 Å². The first-order valence-corrected chi connectivity index (χ1v) is 8.37. The zero-order chi connectivity index (χ0) is 19.7. The van der Waals surface area contributed by atoms with E-state index in [0.29, 0.717) is 16.5 Å². The predicted octanol–water partition coefficient (Wildman–Crippen LogP) is 4.59. The summed E-state index contributed by atoms with van der Waals surface area (Å²) in [6.07, 6.45) is 0. The SMILES string of the molecule is O=c1[nH]c(-c2ccc(OCc3ccc(F)cc3F)c(F)c2)nc2ccccc12. The molecule has 4 aromatic rings. The minimum atomic E-state index is -0.769. The summed E-state index contributed by atoms with van der Waals surface area (Å²) >= 11 is 0. The van der Waals surface area contributed by atoms with E-state index in [9.17, 15) is 18.0 Å². The van der Waals surface area contributed by atoms with E-state index in [1.165, 1.54) is 24.3 Å². The van der Waals surface area contributed by atoms with Crippen LogP contribution in [0.4, 0.5) is 13.2 Å². The Morgan fingerprint density at radius 2 is 1.75 bits per heavy atom. The van der Waals surface area contributed by atoms with Crippen LogP contribution in [0.25, 0.3) is 22.3 Å². The summed E-state index contributed by atoms with van der Waals surface area (Å²) in [6.45, 7) is -0.257. The van der Waals surface area contributed by atoms with E-state index in [0.717, 1.165) is 12.1 Å². The average molecular weight is 382 g/mol. The number of halogens is 3. The fourth-order valence-electron chi connectivity index (χ4n) is 2.78. The quantitative estimate of drug-likeness (QED) is 0.562. The lowest BCUT2D eigenvalue weighted by Crippen LogP contribution is -2.09. The van der Waals surface area contributed by atoms with Crippen LogP contribution in [0.1, 0.15) is 5.56 Å². The van der Waals surface area contributed by atoms with Gasteiger partial charge in [-0.05, 0) is 42.5 Å². The fourth-order valence-corrected chi connectivity index (χ4v) is 2.78. The molecule has 0 spiro atoms. The van der Waals surface area contributed by atoms with Gasteiger partial charge in [0.25, 0.3) is 5.56 Å². The Bertz CT molecular complexity index is 1240. The predicted molar refractivity (Wildman–Crippen MR) is 98.4 cm³/mol. The lowest BCUT2D eigenvalue weighted by molar-refractivity contribution is 0.284. The minimum Gasteiger partial charge on any atom is -0.486 e. The van der Waals surface area contributed by atoms with Crippen molar-refractivity contribution >= 4 is 10.9 Å². The molecule has 0 fully saturated rings. The van der Waals surface area contributed by atoms with Gasteiger partial charge in [-0.25, -0.2) is 18.2 Å². The van der Waals surface area contributed by atoms with Gasteiger partial charge in [0.05, 0.1) is 10.9 Å². The molecule has 1 N–H and O–H groups in total. The number of ether oxygens (including phenoxy) is 1. The molecule has 4 rings (SSSR count). The topological polar surface area (TPSA) is 55.0 Å². The molecule has 0 aliphatic heterocycles. The van der Waals surface area contributed by atoms with Crippen molar-refractivity contribution in [1.29, 1.82) is 0 Å². The van der Waals surface area contributed by atoms with Crippen molar-refractivity contribution in [2.24, 2.45) is 0 Å². The van der Waals surface area contributed by atoms with E-state index in [1.54, 1.807) is 24.3 Å². The van der Waals surface area contributed by atoms with E-state index in [1.807, 2.05) is 0 Å². The number of rotatable bonds is 4. The maximum atomic E-state index is 14.4. The Balaban J connectivity index is 1.60. The van der Waals surface area contributed by atoms with E-state index in [2.05, 4.69) is 9.97 Å². The normalized spacial score (nSPS) is 11.0. The van der Waals surface area contributed by atoms with Crippen molar-refractivity contribution < 1.29 is 17.9 Å². The standard InChI is InChI=1S/C21H13F3N2O2/c22-14-7-5-13(16(23)10-14)11-28-19-8-6-12(9-17(19)24)20-25-18-4-2-1-3-15(18)21(27)26-20/h1-10H,11H2,(H,25,26,27). The molecule has 4 nitrogen and oxygen atoms in total. The number of benzene rings is 3. The third-order valence-electron chi connectivity index (χ3n) is 4.22. The zero-order valence-corrected chi connectivity index (χ0v) is 14.4. The second-order valence-electron chi connectivity index (χ2n) is 6.10. The molecule has 28 heavy (non-hydrogen) atoms. The molecule has 140 valence electrons. The summed E-state index contributed by atoms with van der Waals surface area (Å²) in [5.74, 6) is -2.05. The molecule has 0 saturated carbocycles. The number of H-pyrrole nitrogens is 1. The molecule has 0 aliphatic rings. The van der Waals surface area contributed by atoms with Gasteiger partial charge in [-0.15, -0.1) is 0 Å². The molecule has 0 bridgehead atoms. The lowest BCUT2D eigenvalue weighted by atomic mass is 10.1. The number of fused-ring (bicyclic) bond motifs is 1. The van der Waals surface area contributed by atoms with Crippen LogP contribution in [0, 0.1) is 17.5 Å². The van der Waals surface area contributed by atoms with Gasteiger partial charge in [0, 0.05) is 17.2 Å². The van der Waals surface area contributed by atoms with Crippen molar-refractivity contribution in [2.45, 2.75) is 6.61 Å². The largest absolute Gasteiger partial charge is 0.486 e. The highest BCUT2D eigenvalue weighted by molar-refractivity contribution is 5.79. The maximum Gasteiger partial charge on any atom is 0.259 e. The highest BCUT2D eigenvalue weighted by atomic mass is 19.1. The molecule has 0 aliphatic carbocycles. The molecule has 0 saturated heterocycles. The third kappa shape index (κ3) is 3.46. The van der Waals surface area contributed by atoms with Crippen molar-refractivity contribution in [3.8, 4) is 17.1 Å². The monoisotopic (exact) mass is 382 g/mol. The van der Waals surface area contributed by atoms with Crippen LogP contribution in [0.2, 0.25) is 0 Å². The molecule has 7 heteroatoms. The number of nitrogens with one attached hydrogen (secondary N) is 1. The van der Waals surface area contributed by atoms with Crippen molar-refractivity contribution in [1.82, 2.24) is 9.97 Å². The molecule has 1 aromatic heterocycles. The Hall–Kier alpha value is -3.61. The highest BCUT2D eigenvalue weighted by Gasteiger charge is 2.11. The lowest BCUT2D eigenvalue weighted by Gasteiger charge is -2.10. The van der Waals surface area contributed by atoms with E-state index in [-0.39, 0.29) is 29.3 Å². The maximum absolute atomic E-state index is 14.4. The molecule has 1 heterocycles. The zero-order valence-electron chi connectivity index (χ0n) is 14.4. The summed E-state index contributed by atoms with van der Waals surface area (Å²) < 4.78 is 46.3. The first-order chi connectivity index (χ1) is 13.5. The molecule has 0 unspecified atom stereocenters. The summed E-state index contributed by atoms with van der Waals surface area (Å²) in [7, 11) is 0. The van der Waals surface area contributed by atoms with Gasteiger partial charge in [-0.2, -0.15) is 0 Å². The number of aromatic nitrogens is 2. The highest BCUT2D eigenvalue weighted by Crippen LogP contribution is 2.25. The summed E-state index contributed by atoms with van der Waals surface area (Å²) in [6, 6.07) is 14.0. The fraction of sp³-hybridized carbons (Fsp3) is 0.0476. The molecular weight excluding hydrogens is 369 g/mol. The summed E-state index contributed by atoms with van der Waals surface area (Å²) in [5.41, 5.74) is 0.632. The van der Waals surface area contributed by atoms with E-state index >= 15 is 0 Å². The molecule has 0 radical (unpaired) electrons. The number of hydrogen-bond donors (Lipinski definition) is 1. The number of para-hydroxylation sites is 1. The van der Waals surface area contributed by atoms with Crippen LogP contribution in [-0.2, 0) is 6.61 Å². The van der Waals surface area contributed by atoms with Gasteiger partial charge in [0.15, 0.2) is 11.6 Å². The van der Waals surface area contributed by atoms with Gasteiger partial charge in [-0.1, -0.05) is 12.1 Å². The van der Waals surface area contributed by atoms with E-state index < -0.39 is 17.5 Å². The molecule has 0 atom stereocenters. The second-order valence-corrected chi connectivity index (χ2v) is 6.10. The summed E-state index contributed by atoms with van der Waals surface area (Å²) in [4.78, 5) is 19.1. The summed E-state index contributed by atoms with van der Waals surface area (Å²) in [5, 5.41) is 0.438. The first-order valence-electron chi connectivity index (χ1n) is 8.37. The molecule has 0 amide bonds. The second kappa shape index (κ2) is 7.19. The molecular formula is C21H13F3N2O2. The smallest absolute Gasteiger partial charge is 0.259 e. The minimum absolute atomic E-state index is 0.101.